The van der Waals surface area contributed by atoms with Gasteiger partial charge in [-0.2, -0.15) is 0 Å². The zero-order valence-corrected chi connectivity index (χ0v) is 9.16. The summed E-state index contributed by atoms with van der Waals surface area (Å²) in [5.41, 5.74) is 0.782. The molecule has 80 valence electrons. The van der Waals surface area contributed by atoms with E-state index in [9.17, 15) is 0 Å². The number of aliphatic hydroxyl groups is 1. The van der Waals surface area contributed by atoms with Gasteiger partial charge < -0.3 is 9.52 Å². The lowest BCUT2D eigenvalue weighted by molar-refractivity contribution is 0.251. The van der Waals surface area contributed by atoms with Crippen molar-refractivity contribution in [3.8, 4) is 0 Å². The van der Waals surface area contributed by atoms with E-state index in [2.05, 4.69) is 0 Å². The van der Waals surface area contributed by atoms with Crippen molar-refractivity contribution >= 4 is 33.3 Å². The Kier molecular flexibility index (Phi) is 2.13. The molecule has 0 bridgehead atoms. The Morgan fingerprint density at radius 3 is 2.62 bits per heavy atom. The van der Waals surface area contributed by atoms with Gasteiger partial charge in [-0.15, -0.1) is 0 Å². The molecule has 0 aliphatic rings. The Balaban J connectivity index is 2.52. The standard InChI is InChI=1S/C13H9ClO2/c14-12-6-8-5-9(7-15)16-13(8)11-4-2-1-3-10(11)12/h1-6,15H,7H2. The molecule has 3 heteroatoms. The van der Waals surface area contributed by atoms with Gasteiger partial charge in [0.2, 0.25) is 0 Å². The smallest absolute Gasteiger partial charge is 0.142 e. The molecule has 3 rings (SSSR count). The van der Waals surface area contributed by atoms with Crippen LogP contribution in [0.4, 0.5) is 0 Å². The van der Waals surface area contributed by atoms with Gasteiger partial charge in [0.15, 0.2) is 0 Å². The number of aliphatic hydroxyl groups excluding tert-OH is 1. The number of furan rings is 1. The van der Waals surface area contributed by atoms with Crippen LogP contribution in [0.1, 0.15) is 5.76 Å². The zero-order chi connectivity index (χ0) is 11.1. The average molecular weight is 233 g/mol. The molecule has 2 nitrogen and oxygen atoms in total. The molecule has 1 N–H and O–H groups in total. The van der Waals surface area contributed by atoms with Crippen molar-refractivity contribution in [2.24, 2.45) is 0 Å². The second-order valence-corrected chi connectivity index (χ2v) is 4.10. The van der Waals surface area contributed by atoms with Crippen LogP contribution in [-0.2, 0) is 6.61 Å². The highest BCUT2D eigenvalue weighted by Gasteiger charge is 2.09. The predicted octanol–water partition coefficient (Wildman–Crippen LogP) is 3.73. The minimum atomic E-state index is -0.0966. The lowest BCUT2D eigenvalue weighted by atomic mass is 10.1. The Morgan fingerprint density at radius 2 is 1.88 bits per heavy atom. The quantitative estimate of drug-likeness (QED) is 0.694. The van der Waals surface area contributed by atoms with E-state index in [1.165, 1.54) is 0 Å². The summed E-state index contributed by atoms with van der Waals surface area (Å²) >= 11 is 6.18. The summed E-state index contributed by atoms with van der Waals surface area (Å²) in [5.74, 6) is 0.558. The molecule has 2 aromatic carbocycles. The topological polar surface area (TPSA) is 33.4 Å². The fourth-order valence-electron chi connectivity index (χ4n) is 1.96. The summed E-state index contributed by atoms with van der Waals surface area (Å²) in [5, 5.41) is 12.6. The van der Waals surface area contributed by atoms with E-state index >= 15 is 0 Å². The van der Waals surface area contributed by atoms with E-state index in [-0.39, 0.29) is 6.61 Å². The van der Waals surface area contributed by atoms with Gasteiger partial charge in [0.1, 0.15) is 18.0 Å². The van der Waals surface area contributed by atoms with E-state index < -0.39 is 0 Å². The molecule has 16 heavy (non-hydrogen) atoms. The molecule has 1 heterocycles. The van der Waals surface area contributed by atoms with Gasteiger partial charge >= 0.3 is 0 Å². The molecule has 0 amide bonds. The van der Waals surface area contributed by atoms with Crippen molar-refractivity contribution in [3.05, 3.63) is 47.2 Å². The summed E-state index contributed by atoms with van der Waals surface area (Å²) in [6, 6.07) is 11.5. The maximum absolute atomic E-state index is 9.05. The van der Waals surface area contributed by atoms with E-state index in [1.54, 1.807) is 0 Å². The van der Waals surface area contributed by atoms with E-state index in [1.807, 2.05) is 36.4 Å². The van der Waals surface area contributed by atoms with Gasteiger partial charge in [-0.3, -0.25) is 0 Å². The highest BCUT2D eigenvalue weighted by molar-refractivity contribution is 6.37. The number of fused-ring (bicyclic) bond motifs is 3. The first kappa shape index (κ1) is 9.70. The first-order valence-corrected chi connectivity index (χ1v) is 5.38. The van der Waals surface area contributed by atoms with Gasteiger partial charge in [0, 0.05) is 21.2 Å². The van der Waals surface area contributed by atoms with Crippen LogP contribution in [0.25, 0.3) is 21.7 Å². The van der Waals surface area contributed by atoms with Crippen molar-refractivity contribution in [1.29, 1.82) is 0 Å². The monoisotopic (exact) mass is 232 g/mol. The average Bonchev–Trinajstić information content (AvgIpc) is 2.72. The Labute approximate surface area is 97.1 Å². The lowest BCUT2D eigenvalue weighted by Crippen LogP contribution is -1.74. The first-order chi connectivity index (χ1) is 7.79. The third kappa shape index (κ3) is 1.31. The Bertz CT molecular complexity index is 670. The first-order valence-electron chi connectivity index (χ1n) is 5.00. The van der Waals surface area contributed by atoms with Crippen LogP contribution < -0.4 is 0 Å². The lowest BCUT2D eigenvalue weighted by Gasteiger charge is -2.00. The van der Waals surface area contributed by atoms with Gasteiger partial charge in [-0.25, -0.2) is 0 Å². The van der Waals surface area contributed by atoms with Crippen LogP contribution in [0, 0.1) is 0 Å². The van der Waals surface area contributed by atoms with Crippen molar-refractivity contribution in [3.63, 3.8) is 0 Å². The molecule has 0 radical (unpaired) electrons. The molecule has 0 aliphatic heterocycles. The summed E-state index contributed by atoms with van der Waals surface area (Å²) in [6.07, 6.45) is 0. The summed E-state index contributed by atoms with van der Waals surface area (Å²) in [4.78, 5) is 0. The highest BCUT2D eigenvalue weighted by Crippen LogP contribution is 2.33. The SMILES string of the molecule is OCc1cc2cc(Cl)c3ccccc3c2o1. The molecule has 0 spiro atoms. The van der Waals surface area contributed by atoms with Gasteiger partial charge in [-0.1, -0.05) is 35.9 Å². The minimum absolute atomic E-state index is 0.0966. The molecular weight excluding hydrogens is 224 g/mol. The molecule has 0 atom stereocenters. The van der Waals surface area contributed by atoms with E-state index in [0.717, 1.165) is 21.7 Å². The largest absolute Gasteiger partial charge is 0.458 e. The van der Waals surface area contributed by atoms with Crippen molar-refractivity contribution in [2.45, 2.75) is 6.61 Å². The number of hydrogen-bond donors (Lipinski definition) is 1. The van der Waals surface area contributed by atoms with Gasteiger partial charge in [0.25, 0.3) is 0 Å². The van der Waals surface area contributed by atoms with E-state index in [0.29, 0.717) is 10.8 Å². The maximum Gasteiger partial charge on any atom is 0.142 e. The predicted molar refractivity (Wildman–Crippen MR) is 64.7 cm³/mol. The van der Waals surface area contributed by atoms with Crippen LogP contribution in [0.3, 0.4) is 0 Å². The summed E-state index contributed by atoms with van der Waals surface area (Å²) < 4.78 is 5.58. The molecule has 0 saturated carbocycles. The molecule has 1 aromatic heterocycles. The molecule has 0 aliphatic carbocycles. The highest BCUT2D eigenvalue weighted by atomic mass is 35.5. The molecule has 0 saturated heterocycles. The molecular formula is C13H9ClO2. The number of halogens is 1. The fourth-order valence-corrected chi connectivity index (χ4v) is 2.24. The zero-order valence-electron chi connectivity index (χ0n) is 8.40. The molecule has 3 aromatic rings. The van der Waals surface area contributed by atoms with Gasteiger partial charge in [0.05, 0.1) is 0 Å². The number of hydrogen-bond acceptors (Lipinski definition) is 2. The van der Waals surface area contributed by atoms with Crippen LogP contribution in [-0.4, -0.2) is 5.11 Å². The minimum Gasteiger partial charge on any atom is -0.458 e. The van der Waals surface area contributed by atoms with Crippen LogP contribution in [0.2, 0.25) is 5.02 Å². The number of rotatable bonds is 1. The van der Waals surface area contributed by atoms with Crippen LogP contribution in [0.15, 0.2) is 40.8 Å². The van der Waals surface area contributed by atoms with Crippen molar-refractivity contribution < 1.29 is 9.52 Å². The number of benzene rings is 2. The fraction of sp³-hybridized carbons (Fsp3) is 0.0769. The van der Waals surface area contributed by atoms with Crippen LogP contribution in [0.5, 0.6) is 0 Å². The Hall–Kier alpha value is -1.51. The van der Waals surface area contributed by atoms with Crippen molar-refractivity contribution in [1.82, 2.24) is 0 Å². The second kappa shape index (κ2) is 3.51. The maximum atomic E-state index is 9.05. The van der Waals surface area contributed by atoms with Crippen LogP contribution >= 0.6 is 11.6 Å². The summed E-state index contributed by atoms with van der Waals surface area (Å²) in [6.45, 7) is -0.0966. The summed E-state index contributed by atoms with van der Waals surface area (Å²) in [7, 11) is 0. The third-order valence-electron chi connectivity index (χ3n) is 2.68. The van der Waals surface area contributed by atoms with Gasteiger partial charge in [-0.05, 0) is 12.1 Å². The molecule has 0 fully saturated rings. The van der Waals surface area contributed by atoms with E-state index in [4.69, 9.17) is 21.1 Å². The van der Waals surface area contributed by atoms with Crippen molar-refractivity contribution in [2.75, 3.05) is 0 Å². The Morgan fingerprint density at radius 1 is 1.12 bits per heavy atom. The second-order valence-electron chi connectivity index (χ2n) is 3.69. The normalized spacial score (nSPS) is 11.4. The molecule has 0 unspecified atom stereocenters. The third-order valence-corrected chi connectivity index (χ3v) is 2.99.